The lowest BCUT2D eigenvalue weighted by atomic mass is 10.4. The van der Waals surface area contributed by atoms with Crippen molar-refractivity contribution in [3.05, 3.63) is 0 Å². The lowest BCUT2D eigenvalue weighted by Crippen LogP contribution is -1.89. The van der Waals surface area contributed by atoms with Crippen molar-refractivity contribution in [3.8, 4) is 0 Å². The molecule has 1 aliphatic heterocycles. The van der Waals surface area contributed by atoms with E-state index in [9.17, 15) is 13.2 Å². The van der Waals surface area contributed by atoms with Crippen molar-refractivity contribution in [2.45, 2.75) is 12.8 Å². The summed E-state index contributed by atoms with van der Waals surface area (Å²) in [7, 11) is -1.65. The zero-order valence-corrected chi connectivity index (χ0v) is 8.04. The number of nitrogens with zero attached hydrogens (tertiary/aromatic N) is 1. The average molecular weight is 209 g/mol. The fourth-order valence-electron chi connectivity index (χ4n) is 0.608. The third kappa shape index (κ3) is 8.96. The number of rotatable bonds is 0. The molecule has 1 amide bonds. The molecule has 7 heteroatoms. The van der Waals surface area contributed by atoms with Crippen molar-refractivity contribution in [2.24, 2.45) is 4.36 Å². The first-order valence-electron chi connectivity index (χ1n) is 3.63. The molecule has 6 nitrogen and oxygen atoms in total. The zero-order chi connectivity index (χ0) is 10.1. The number of carbonyl (C=O) groups excluding carboxylic acids is 1. The summed E-state index contributed by atoms with van der Waals surface area (Å²) in [5.74, 6) is 0. The maximum Gasteiger partial charge on any atom is 0.448 e. The Hall–Kier alpha value is -0.950. The van der Waals surface area contributed by atoms with E-state index < -0.39 is 16.6 Å². The molecule has 0 aromatic rings. The molecule has 0 unspecified atom stereocenters. The van der Waals surface area contributed by atoms with E-state index in [1.807, 2.05) is 0 Å². The molecule has 0 atom stereocenters. The van der Waals surface area contributed by atoms with E-state index >= 15 is 0 Å². The molecule has 0 aromatic heterocycles. The van der Waals surface area contributed by atoms with E-state index in [1.54, 1.807) is 0 Å². The highest BCUT2D eigenvalue weighted by Crippen LogP contribution is 1.98. The van der Waals surface area contributed by atoms with Crippen molar-refractivity contribution in [1.29, 1.82) is 0 Å². The van der Waals surface area contributed by atoms with Gasteiger partial charge in [-0.1, -0.05) is 4.36 Å². The Kier molecular flexibility index (Phi) is 7.12. The lowest BCUT2D eigenvalue weighted by Gasteiger charge is -1.80. The van der Waals surface area contributed by atoms with Crippen molar-refractivity contribution < 1.29 is 22.7 Å². The molecule has 0 spiro atoms. The fourth-order valence-corrected chi connectivity index (χ4v) is 0.805. The van der Waals surface area contributed by atoms with Crippen LogP contribution < -0.4 is 0 Å². The summed E-state index contributed by atoms with van der Waals surface area (Å²) in [6, 6.07) is 0. The quantitative estimate of drug-likeness (QED) is 0.583. The average Bonchev–Trinajstić information content (AvgIpc) is 2.59. The first kappa shape index (κ1) is 12.0. The normalized spacial score (nSPS) is 13.9. The molecule has 0 saturated carbocycles. The summed E-state index contributed by atoms with van der Waals surface area (Å²) in [5, 5.41) is 0. The molecule has 0 radical (unpaired) electrons. The predicted molar refractivity (Wildman–Crippen MR) is 43.8 cm³/mol. The summed E-state index contributed by atoms with van der Waals surface area (Å²) in [6.45, 7) is 2.00. The highest BCUT2D eigenvalue weighted by Gasteiger charge is 1.94. The van der Waals surface area contributed by atoms with E-state index in [4.69, 9.17) is 4.74 Å². The topological polar surface area (TPSA) is 82.0 Å². The first-order chi connectivity index (χ1) is 6.16. The molecular formula is C6H11NO5S. The molecule has 0 N–H and O–H groups in total. The Bertz CT molecular complexity index is 251. The summed E-state index contributed by atoms with van der Waals surface area (Å²) >= 11 is 0. The number of hydrogen-bond donors (Lipinski definition) is 0. The van der Waals surface area contributed by atoms with Gasteiger partial charge in [0, 0.05) is 13.2 Å². The highest BCUT2D eigenvalue weighted by molar-refractivity contribution is 7.62. The van der Waals surface area contributed by atoms with Crippen LogP contribution in [0.4, 0.5) is 4.79 Å². The molecule has 76 valence electrons. The van der Waals surface area contributed by atoms with Crippen LogP contribution in [0.15, 0.2) is 4.36 Å². The standard InChI is InChI=1S/C4H8O.C2H3NO4S/c1-2-4-5-3-1;1-7-2(4)3-8(5)6/h1-4H2;1H3. The second-order valence-electron chi connectivity index (χ2n) is 2.10. The SMILES string of the molecule is C1CCOC1.COC(=O)N=S(=O)=O. The van der Waals surface area contributed by atoms with Crippen LogP contribution >= 0.6 is 0 Å². The number of hydrogen-bond acceptors (Lipinski definition) is 5. The van der Waals surface area contributed by atoms with Gasteiger partial charge in [0.15, 0.2) is 0 Å². The number of amides is 1. The van der Waals surface area contributed by atoms with E-state index in [0.717, 1.165) is 20.3 Å². The van der Waals surface area contributed by atoms with Gasteiger partial charge < -0.3 is 9.47 Å². The molecule has 0 aliphatic carbocycles. The zero-order valence-electron chi connectivity index (χ0n) is 7.23. The molecule has 13 heavy (non-hydrogen) atoms. The molecule has 1 aliphatic rings. The molecule has 0 bridgehead atoms. The van der Waals surface area contributed by atoms with E-state index in [1.165, 1.54) is 12.8 Å². The monoisotopic (exact) mass is 209 g/mol. The Morgan fingerprint density at radius 2 is 1.92 bits per heavy atom. The Balaban J connectivity index is 0.000000243. The summed E-state index contributed by atoms with van der Waals surface area (Å²) in [6.07, 6.45) is 1.44. The van der Waals surface area contributed by atoms with Gasteiger partial charge in [-0.25, -0.2) is 4.79 Å². The van der Waals surface area contributed by atoms with Crippen molar-refractivity contribution in [1.82, 2.24) is 0 Å². The Labute approximate surface area is 77.5 Å². The molecule has 1 saturated heterocycles. The second-order valence-corrected chi connectivity index (χ2v) is 2.71. The Morgan fingerprint density at radius 1 is 1.38 bits per heavy atom. The maximum atomic E-state index is 9.84. The molecule has 1 fully saturated rings. The van der Waals surface area contributed by atoms with Crippen LogP contribution in [0.3, 0.4) is 0 Å². The van der Waals surface area contributed by atoms with Crippen LogP contribution in [0.1, 0.15) is 12.8 Å². The van der Waals surface area contributed by atoms with Gasteiger partial charge in [0.05, 0.1) is 7.11 Å². The van der Waals surface area contributed by atoms with Gasteiger partial charge in [-0.3, -0.25) is 0 Å². The van der Waals surface area contributed by atoms with Gasteiger partial charge in [-0.2, -0.15) is 8.42 Å². The van der Waals surface area contributed by atoms with Gasteiger partial charge in [0.1, 0.15) is 0 Å². The van der Waals surface area contributed by atoms with Gasteiger partial charge in [-0.15, -0.1) is 0 Å². The smallest absolute Gasteiger partial charge is 0.448 e. The summed E-state index contributed by atoms with van der Waals surface area (Å²) in [5.41, 5.74) is 0. The number of ether oxygens (including phenoxy) is 2. The van der Waals surface area contributed by atoms with Crippen LogP contribution in [-0.4, -0.2) is 34.8 Å². The first-order valence-corrected chi connectivity index (χ1v) is 4.67. The van der Waals surface area contributed by atoms with Crippen molar-refractivity contribution in [3.63, 3.8) is 0 Å². The second kappa shape index (κ2) is 7.69. The minimum Gasteiger partial charge on any atom is -0.451 e. The van der Waals surface area contributed by atoms with Crippen molar-refractivity contribution >= 4 is 16.6 Å². The maximum absolute atomic E-state index is 9.84. The van der Waals surface area contributed by atoms with Crippen LogP contribution in [0.2, 0.25) is 0 Å². The van der Waals surface area contributed by atoms with E-state index in [0.29, 0.717) is 0 Å². The lowest BCUT2D eigenvalue weighted by molar-refractivity contribution is 0.183. The predicted octanol–water partition coefficient (Wildman–Crippen LogP) is 0.612. The van der Waals surface area contributed by atoms with Gasteiger partial charge >= 0.3 is 16.6 Å². The van der Waals surface area contributed by atoms with E-state index in [-0.39, 0.29) is 0 Å². The minimum absolute atomic E-state index is 1.00. The molecule has 1 rings (SSSR count). The summed E-state index contributed by atoms with van der Waals surface area (Å²) in [4.78, 5) is 9.84. The number of carbonyl (C=O) groups is 1. The molecule has 1 heterocycles. The number of methoxy groups -OCH3 is 1. The van der Waals surface area contributed by atoms with Gasteiger partial charge in [0.25, 0.3) is 0 Å². The van der Waals surface area contributed by atoms with Crippen molar-refractivity contribution in [2.75, 3.05) is 20.3 Å². The van der Waals surface area contributed by atoms with E-state index in [2.05, 4.69) is 9.10 Å². The highest BCUT2D eigenvalue weighted by atomic mass is 32.2. The molecule has 0 aromatic carbocycles. The fraction of sp³-hybridized carbons (Fsp3) is 0.833. The molecular weight excluding hydrogens is 198 g/mol. The largest absolute Gasteiger partial charge is 0.451 e. The van der Waals surface area contributed by atoms with Crippen LogP contribution in [0.5, 0.6) is 0 Å². The minimum atomic E-state index is -2.70. The van der Waals surface area contributed by atoms with Crippen LogP contribution in [0.25, 0.3) is 0 Å². The van der Waals surface area contributed by atoms with Gasteiger partial charge in [0.2, 0.25) is 0 Å². The van der Waals surface area contributed by atoms with Crippen LogP contribution in [0, 0.1) is 0 Å². The van der Waals surface area contributed by atoms with Gasteiger partial charge in [-0.05, 0) is 12.8 Å². The third-order valence-electron chi connectivity index (χ3n) is 1.15. The Morgan fingerprint density at radius 3 is 2.08 bits per heavy atom. The summed E-state index contributed by atoms with van der Waals surface area (Å²) < 4.78 is 30.3. The third-order valence-corrected chi connectivity index (χ3v) is 1.45. The van der Waals surface area contributed by atoms with Crippen LogP contribution in [-0.2, 0) is 20.0 Å².